The van der Waals surface area contributed by atoms with Gasteiger partial charge in [-0.05, 0) is 69.2 Å². The Bertz CT molecular complexity index is 980. The predicted molar refractivity (Wildman–Crippen MR) is 105 cm³/mol. The first-order valence-corrected chi connectivity index (χ1v) is 10.5. The number of ether oxygens (including phenoxy) is 1. The maximum absolute atomic E-state index is 12.5. The van der Waals surface area contributed by atoms with Crippen LogP contribution < -0.4 is 10.0 Å². The number of benzene rings is 2. The van der Waals surface area contributed by atoms with E-state index in [1.165, 1.54) is 18.2 Å². The Balaban J connectivity index is 1.69. The zero-order valence-corrected chi connectivity index (χ0v) is 16.5. The van der Waals surface area contributed by atoms with Gasteiger partial charge in [-0.2, -0.15) is 0 Å². The van der Waals surface area contributed by atoms with Gasteiger partial charge in [-0.1, -0.05) is 6.07 Å². The molecule has 1 aliphatic carbocycles. The first-order valence-electron chi connectivity index (χ1n) is 8.99. The molecule has 1 saturated carbocycles. The molecule has 0 aromatic heterocycles. The van der Waals surface area contributed by atoms with Crippen LogP contribution in [0, 0.1) is 0 Å². The summed E-state index contributed by atoms with van der Waals surface area (Å²) in [5, 5.41) is 2.69. The van der Waals surface area contributed by atoms with Crippen molar-refractivity contribution in [3.8, 4) is 0 Å². The highest BCUT2D eigenvalue weighted by molar-refractivity contribution is 7.89. The molecule has 0 bridgehead atoms. The summed E-state index contributed by atoms with van der Waals surface area (Å²) in [5.74, 6) is -0.880. The summed E-state index contributed by atoms with van der Waals surface area (Å²) in [6, 6.07) is 12.1. The average Bonchev–Trinajstić information content (AvgIpc) is 3.45. The lowest BCUT2D eigenvalue weighted by Crippen LogP contribution is -2.26. The highest BCUT2D eigenvalue weighted by atomic mass is 32.2. The van der Waals surface area contributed by atoms with Gasteiger partial charge in [0.15, 0.2) is 0 Å². The Labute approximate surface area is 164 Å². The molecule has 0 atom stereocenters. The molecule has 0 aliphatic heterocycles. The third-order valence-electron chi connectivity index (χ3n) is 4.03. The van der Waals surface area contributed by atoms with Crippen LogP contribution in [0.3, 0.4) is 0 Å². The maximum atomic E-state index is 12.5. The molecule has 8 heteroatoms. The minimum atomic E-state index is -3.63. The zero-order chi connectivity index (χ0) is 20.3. The van der Waals surface area contributed by atoms with Gasteiger partial charge in [-0.25, -0.2) is 17.9 Å². The van der Waals surface area contributed by atoms with Crippen molar-refractivity contribution in [3.05, 3.63) is 59.7 Å². The van der Waals surface area contributed by atoms with Gasteiger partial charge in [0.1, 0.15) is 0 Å². The van der Waals surface area contributed by atoms with Crippen molar-refractivity contribution < 1.29 is 22.7 Å². The fourth-order valence-corrected chi connectivity index (χ4v) is 3.82. The van der Waals surface area contributed by atoms with Crippen molar-refractivity contribution in [2.75, 3.05) is 5.32 Å². The summed E-state index contributed by atoms with van der Waals surface area (Å²) >= 11 is 0. The number of amides is 1. The third kappa shape index (κ3) is 5.17. The molecule has 2 N–H and O–H groups in total. The molecule has 28 heavy (non-hydrogen) atoms. The molecule has 0 heterocycles. The second-order valence-corrected chi connectivity index (χ2v) is 8.62. The lowest BCUT2D eigenvalue weighted by molar-refractivity contribution is 0.0378. The predicted octanol–water partition coefficient (Wildman–Crippen LogP) is 2.94. The number of hydrogen-bond donors (Lipinski definition) is 2. The summed E-state index contributed by atoms with van der Waals surface area (Å²) in [6.07, 6.45) is 1.45. The maximum Gasteiger partial charge on any atom is 0.338 e. The van der Waals surface area contributed by atoms with E-state index in [4.69, 9.17) is 4.74 Å². The molecular weight excluding hydrogens is 380 g/mol. The molecule has 1 fully saturated rings. The van der Waals surface area contributed by atoms with Crippen molar-refractivity contribution in [1.82, 2.24) is 4.72 Å². The van der Waals surface area contributed by atoms with Crippen molar-refractivity contribution >= 4 is 27.6 Å². The minimum Gasteiger partial charge on any atom is -0.459 e. The van der Waals surface area contributed by atoms with Crippen LogP contribution in [0.5, 0.6) is 0 Å². The molecule has 148 valence electrons. The first-order chi connectivity index (χ1) is 13.2. The summed E-state index contributed by atoms with van der Waals surface area (Å²) in [5.41, 5.74) is 1.09. The van der Waals surface area contributed by atoms with E-state index < -0.39 is 21.9 Å². The van der Waals surface area contributed by atoms with Gasteiger partial charge in [0, 0.05) is 17.3 Å². The number of carbonyl (C=O) groups is 2. The molecule has 3 rings (SSSR count). The second kappa shape index (κ2) is 8.12. The van der Waals surface area contributed by atoms with Crippen LogP contribution in [0.25, 0.3) is 0 Å². The van der Waals surface area contributed by atoms with E-state index in [0.29, 0.717) is 11.3 Å². The van der Waals surface area contributed by atoms with Gasteiger partial charge in [0.2, 0.25) is 10.0 Å². The van der Waals surface area contributed by atoms with Crippen LogP contribution in [-0.2, 0) is 14.8 Å². The normalized spacial score (nSPS) is 14.0. The smallest absolute Gasteiger partial charge is 0.338 e. The van der Waals surface area contributed by atoms with E-state index in [0.717, 1.165) is 12.8 Å². The van der Waals surface area contributed by atoms with Gasteiger partial charge >= 0.3 is 5.97 Å². The molecule has 7 nitrogen and oxygen atoms in total. The number of carbonyl (C=O) groups excluding carboxylic acids is 2. The van der Waals surface area contributed by atoms with Crippen molar-refractivity contribution in [1.29, 1.82) is 0 Å². The molecule has 0 radical (unpaired) electrons. The number of nitrogens with one attached hydrogen (secondary N) is 2. The summed E-state index contributed by atoms with van der Waals surface area (Å²) in [6.45, 7) is 3.53. The standard InChI is InChI=1S/C20H22N2O5S/c1-13(2)27-20(24)14-6-8-16(9-7-14)21-19(23)15-4-3-5-18(12-15)28(25,26)22-17-10-11-17/h3-9,12-13,17,22H,10-11H2,1-2H3,(H,21,23). The molecule has 1 amide bonds. The topological polar surface area (TPSA) is 102 Å². The van der Waals surface area contributed by atoms with Gasteiger partial charge in [-0.3, -0.25) is 4.79 Å². The van der Waals surface area contributed by atoms with Gasteiger partial charge in [0.05, 0.1) is 16.6 Å². The lowest BCUT2D eigenvalue weighted by Gasteiger charge is -2.10. The number of sulfonamides is 1. The van der Waals surface area contributed by atoms with Crippen LogP contribution in [0.2, 0.25) is 0 Å². The number of hydrogen-bond acceptors (Lipinski definition) is 5. The van der Waals surface area contributed by atoms with Crippen molar-refractivity contribution in [2.45, 2.75) is 43.7 Å². The highest BCUT2D eigenvalue weighted by Gasteiger charge is 2.28. The van der Waals surface area contributed by atoms with Gasteiger partial charge in [-0.15, -0.1) is 0 Å². The Kier molecular flexibility index (Phi) is 5.81. The molecule has 0 saturated heterocycles. The van der Waals surface area contributed by atoms with Crippen LogP contribution in [0.4, 0.5) is 5.69 Å². The van der Waals surface area contributed by atoms with Gasteiger partial charge < -0.3 is 10.1 Å². The Morgan fingerprint density at radius 1 is 1.04 bits per heavy atom. The average molecular weight is 402 g/mol. The number of esters is 1. The molecular formula is C20H22N2O5S. The molecule has 0 unspecified atom stereocenters. The largest absolute Gasteiger partial charge is 0.459 e. The molecule has 0 spiro atoms. The molecule has 2 aromatic carbocycles. The van der Waals surface area contributed by atoms with E-state index in [9.17, 15) is 18.0 Å². The van der Waals surface area contributed by atoms with Crippen molar-refractivity contribution in [2.24, 2.45) is 0 Å². The van der Waals surface area contributed by atoms with E-state index in [2.05, 4.69) is 10.0 Å². The Hall–Kier alpha value is -2.71. The van der Waals surface area contributed by atoms with E-state index in [1.54, 1.807) is 44.2 Å². The molecule has 2 aromatic rings. The van der Waals surface area contributed by atoms with E-state index in [1.807, 2.05) is 0 Å². The Morgan fingerprint density at radius 3 is 2.32 bits per heavy atom. The Morgan fingerprint density at radius 2 is 1.71 bits per heavy atom. The number of rotatable bonds is 7. The molecule has 1 aliphatic rings. The van der Waals surface area contributed by atoms with Crippen LogP contribution in [0.15, 0.2) is 53.4 Å². The monoisotopic (exact) mass is 402 g/mol. The minimum absolute atomic E-state index is 0.0108. The van der Waals surface area contributed by atoms with E-state index >= 15 is 0 Å². The lowest BCUT2D eigenvalue weighted by atomic mass is 10.2. The van der Waals surface area contributed by atoms with Crippen LogP contribution in [-0.4, -0.2) is 32.4 Å². The highest BCUT2D eigenvalue weighted by Crippen LogP contribution is 2.22. The summed E-state index contributed by atoms with van der Waals surface area (Å²) in [4.78, 5) is 24.4. The van der Waals surface area contributed by atoms with Crippen LogP contribution >= 0.6 is 0 Å². The summed E-state index contributed by atoms with van der Waals surface area (Å²) < 4.78 is 32.3. The zero-order valence-electron chi connectivity index (χ0n) is 15.6. The fraction of sp³-hybridized carbons (Fsp3) is 0.300. The second-order valence-electron chi connectivity index (χ2n) is 6.91. The third-order valence-corrected chi connectivity index (χ3v) is 5.55. The SMILES string of the molecule is CC(C)OC(=O)c1ccc(NC(=O)c2cccc(S(=O)(=O)NC3CC3)c2)cc1. The van der Waals surface area contributed by atoms with Crippen molar-refractivity contribution in [3.63, 3.8) is 0 Å². The fourth-order valence-electron chi connectivity index (χ4n) is 2.47. The van der Waals surface area contributed by atoms with E-state index in [-0.39, 0.29) is 22.6 Å². The summed E-state index contributed by atoms with van der Waals surface area (Å²) in [7, 11) is -3.63. The number of anilines is 1. The quantitative estimate of drug-likeness (QED) is 0.694. The van der Waals surface area contributed by atoms with Crippen LogP contribution in [0.1, 0.15) is 47.4 Å². The first kappa shape index (κ1) is 20.0. The van der Waals surface area contributed by atoms with Gasteiger partial charge in [0.25, 0.3) is 5.91 Å².